The molecule has 1 amide bonds. The molecule has 0 spiro atoms. The van der Waals surface area contributed by atoms with Crippen LogP contribution >= 0.6 is 0 Å². The molecule has 1 fully saturated rings. The lowest BCUT2D eigenvalue weighted by molar-refractivity contribution is -0.116. The first-order valence-corrected chi connectivity index (χ1v) is 11.0. The number of ether oxygens (including phenoxy) is 3. The van der Waals surface area contributed by atoms with Crippen LogP contribution in [0.25, 0.3) is 0 Å². The number of nitrogens with one attached hydrogen (secondary N) is 2. The van der Waals surface area contributed by atoms with Gasteiger partial charge in [-0.15, -0.1) is 0 Å². The molecule has 0 aliphatic carbocycles. The molecule has 2 aromatic carbocycles. The molecule has 0 saturated carbocycles. The summed E-state index contributed by atoms with van der Waals surface area (Å²) in [6.45, 7) is 3.27. The molecule has 30 heavy (non-hydrogen) atoms. The first-order valence-electron chi connectivity index (χ1n) is 9.58. The zero-order chi connectivity index (χ0) is 21.1. The Labute approximate surface area is 175 Å². The minimum Gasteiger partial charge on any atom is -0.454 e. The Kier molecular flexibility index (Phi) is 5.80. The largest absolute Gasteiger partial charge is 0.454 e. The van der Waals surface area contributed by atoms with Crippen LogP contribution in [-0.2, 0) is 19.6 Å². The van der Waals surface area contributed by atoms with Gasteiger partial charge in [-0.2, -0.15) is 4.31 Å². The molecular formula is C20H23N3O6S. The number of carbonyl (C=O) groups is 1. The lowest BCUT2D eigenvalue weighted by atomic mass is 10.2. The van der Waals surface area contributed by atoms with E-state index < -0.39 is 16.1 Å². The van der Waals surface area contributed by atoms with Crippen molar-refractivity contribution in [1.29, 1.82) is 0 Å². The standard InChI is InChI=1S/C20H23N3O6S/c1-14(21-16-5-6-18-19(12-16)29-13-28-18)20(24)22-15-3-2-4-17(11-15)30(25,26)23-7-9-27-10-8-23/h2-6,11-12,14,21H,7-10,13H2,1H3,(H,22,24)/t14-/m1/s1. The van der Waals surface area contributed by atoms with E-state index >= 15 is 0 Å². The van der Waals surface area contributed by atoms with Crippen LogP contribution in [0.1, 0.15) is 6.92 Å². The highest BCUT2D eigenvalue weighted by molar-refractivity contribution is 7.89. The van der Waals surface area contributed by atoms with Gasteiger partial charge in [-0.05, 0) is 37.3 Å². The number of amides is 1. The van der Waals surface area contributed by atoms with Crippen LogP contribution in [-0.4, -0.2) is 57.8 Å². The Bertz CT molecular complexity index is 1040. The van der Waals surface area contributed by atoms with E-state index in [-0.39, 0.29) is 17.6 Å². The highest BCUT2D eigenvalue weighted by Crippen LogP contribution is 2.34. The summed E-state index contributed by atoms with van der Waals surface area (Å²) in [7, 11) is -3.63. The molecule has 4 rings (SSSR count). The van der Waals surface area contributed by atoms with Gasteiger partial charge in [-0.3, -0.25) is 4.79 Å². The maximum Gasteiger partial charge on any atom is 0.246 e. The van der Waals surface area contributed by atoms with Gasteiger partial charge < -0.3 is 24.8 Å². The maximum absolute atomic E-state index is 12.8. The lowest BCUT2D eigenvalue weighted by Crippen LogP contribution is -2.40. The highest BCUT2D eigenvalue weighted by Gasteiger charge is 2.26. The van der Waals surface area contributed by atoms with Crippen LogP contribution in [0.15, 0.2) is 47.4 Å². The average Bonchev–Trinajstić information content (AvgIpc) is 3.22. The molecule has 0 bridgehead atoms. The molecule has 9 nitrogen and oxygen atoms in total. The Morgan fingerprint density at radius 2 is 1.80 bits per heavy atom. The van der Waals surface area contributed by atoms with Crippen molar-refractivity contribution in [1.82, 2.24) is 4.31 Å². The van der Waals surface area contributed by atoms with Gasteiger partial charge in [0.05, 0.1) is 18.1 Å². The van der Waals surface area contributed by atoms with E-state index in [1.54, 1.807) is 37.3 Å². The average molecular weight is 433 g/mol. The fraction of sp³-hybridized carbons (Fsp3) is 0.350. The van der Waals surface area contributed by atoms with Crippen molar-refractivity contribution in [3.8, 4) is 11.5 Å². The number of carbonyl (C=O) groups excluding carboxylic acids is 1. The Morgan fingerprint density at radius 1 is 1.03 bits per heavy atom. The number of rotatable bonds is 6. The molecule has 0 unspecified atom stereocenters. The second kappa shape index (κ2) is 8.50. The summed E-state index contributed by atoms with van der Waals surface area (Å²) in [4.78, 5) is 12.7. The Hall–Kier alpha value is -2.82. The molecule has 2 aliphatic heterocycles. The van der Waals surface area contributed by atoms with Crippen LogP contribution in [0.2, 0.25) is 0 Å². The summed E-state index contributed by atoms with van der Waals surface area (Å²) in [5.41, 5.74) is 1.12. The zero-order valence-corrected chi connectivity index (χ0v) is 17.3. The third kappa shape index (κ3) is 4.35. The quantitative estimate of drug-likeness (QED) is 0.716. The minimum absolute atomic E-state index is 0.138. The molecule has 2 N–H and O–H groups in total. The van der Waals surface area contributed by atoms with Crippen LogP contribution in [0.3, 0.4) is 0 Å². The van der Waals surface area contributed by atoms with Crippen LogP contribution < -0.4 is 20.1 Å². The number of nitrogens with zero attached hydrogens (tertiary/aromatic N) is 1. The fourth-order valence-electron chi connectivity index (χ4n) is 3.22. The van der Waals surface area contributed by atoms with Gasteiger partial charge in [0.1, 0.15) is 6.04 Å². The molecule has 0 radical (unpaired) electrons. The SMILES string of the molecule is C[C@@H](Nc1ccc2c(c1)OCO2)C(=O)Nc1cccc(S(=O)(=O)N2CCOCC2)c1. The van der Waals surface area contributed by atoms with Crippen molar-refractivity contribution in [2.45, 2.75) is 17.9 Å². The number of fused-ring (bicyclic) bond motifs is 1. The van der Waals surface area contributed by atoms with Crippen molar-refractivity contribution in [3.05, 3.63) is 42.5 Å². The zero-order valence-electron chi connectivity index (χ0n) is 16.5. The van der Waals surface area contributed by atoms with Gasteiger partial charge in [0, 0.05) is 30.5 Å². The van der Waals surface area contributed by atoms with Gasteiger partial charge in [0.15, 0.2) is 11.5 Å². The molecule has 1 saturated heterocycles. The third-order valence-corrected chi connectivity index (χ3v) is 6.75. The Balaban J connectivity index is 1.42. The number of sulfonamides is 1. The molecule has 10 heteroatoms. The monoisotopic (exact) mass is 433 g/mol. The van der Waals surface area contributed by atoms with Crippen LogP contribution in [0.5, 0.6) is 11.5 Å². The molecule has 2 aromatic rings. The predicted octanol–water partition coefficient (Wildman–Crippen LogP) is 1.88. The fourth-order valence-corrected chi connectivity index (χ4v) is 4.68. The molecular weight excluding hydrogens is 410 g/mol. The van der Waals surface area contributed by atoms with Crippen molar-refractivity contribution >= 4 is 27.3 Å². The van der Waals surface area contributed by atoms with Crippen molar-refractivity contribution < 1.29 is 27.4 Å². The molecule has 1 atom stereocenters. The number of anilines is 2. The predicted molar refractivity (Wildman–Crippen MR) is 110 cm³/mol. The summed E-state index contributed by atoms with van der Waals surface area (Å²) >= 11 is 0. The third-order valence-electron chi connectivity index (χ3n) is 4.86. The summed E-state index contributed by atoms with van der Waals surface area (Å²) in [6, 6.07) is 11.0. The number of benzene rings is 2. The first kappa shape index (κ1) is 20.5. The Morgan fingerprint density at radius 3 is 2.60 bits per heavy atom. The topological polar surface area (TPSA) is 106 Å². The molecule has 0 aromatic heterocycles. The van der Waals surface area contributed by atoms with Crippen LogP contribution in [0, 0.1) is 0 Å². The van der Waals surface area contributed by atoms with E-state index in [1.807, 2.05) is 0 Å². The van der Waals surface area contributed by atoms with E-state index in [4.69, 9.17) is 14.2 Å². The smallest absolute Gasteiger partial charge is 0.246 e. The van der Waals surface area contributed by atoms with E-state index in [2.05, 4.69) is 10.6 Å². The maximum atomic E-state index is 12.8. The van der Waals surface area contributed by atoms with Crippen LogP contribution in [0.4, 0.5) is 11.4 Å². The summed E-state index contributed by atoms with van der Waals surface area (Å²) in [6.07, 6.45) is 0. The van der Waals surface area contributed by atoms with Crippen molar-refractivity contribution in [3.63, 3.8) is 0 Å². The van der Waals surface area contributed by atoms with E-state index in [0.29, 0.717) is 49.2 Å². The summed E-state index contributed by atoms with van der Waals surface area (Å²) in [5.74, 6) is 0.984. The van der Waals surface area contributed by atoms with Gasteiger partial charge in [-0.25, -0.2) is 8.42 Å². The van der Waals surface area contributed by atoms with E-state index in [1.165, 1.54) is 16.4 Å². The molecule has 2 aliphatic rings. The summed E-state index contributed by atoms with van der Waals surface area (Å²) < 4.78 is 42.9. The number of morpholine rings is 1. The summed E-state index contributed by atoms with van der Waals surface area (Å²) in [5, 5.41) is 5.86. The number of hydrogen-bond donors (Lipinski definition) is 2. The van der Waals surface area contributed by atoms with Gasteiger partial charge in [0.2, 0.25) is 22.7 Å². The van der Waals surface area contributed by atoms with E-state index in [0.717, 1.165) is 0 Å². The lowest BCUT2D eigenvalue weighted by Gasteiger charge is -2.26. The van der Waals surface area contributed by atoms with Crippen molar-refractivity contribution in [2.75, 3.05) is 43.7 Å². The number of hydrogen-bond acceptors (Lipinski definition) is 7. The first-order chi connectivity index (χ1) is 14.4. The molecule has 160 valence electrons. The highest BCUT2D eigenvalue weighted by atomic mass is 32.2. The van der Waals surface area contributed by atoms with E-state index in [9.17, 15) is 13.2 Å². The van der Waals surface area contributed by atoms with Gasteiger partial charge >= 0.3 is 0 Å². The van der Waals surface area contributed by atoms with Gasteiger partial charge in [0.25, 0.3) is 0 Å². The second-order valence-corrected chi connectivity index (χ2v) is 8.91. The van der Waals surface area contributed by atoms with Gasteiger partial charge in [-0.1, -0.05) is 6.07 Å². The van der Waals surface area contributed by atoms with Crippen molar-refractivity contribution in [2.24, 2.45) is 0 Å². The normalized spacial score (nSPS) is 17.4. The molecule has 2 heterocycles. The minimum atomic E-state index is -3.63. The second-order valence-electron chi connectivity index (χ2n) is 6.97.